The zero-order valence-corrected chi connectivity index (χ0v) is 10.2. The molecular formula is C11H16N2O2S. The maximum Gasteiger partial charge on any atom is 0.339 e. The minimum absolute atomic E-state index is 0.341. The Morgan fingerprint density at radius 2 is 2.31 bits per heavy atom. The molecule has 0 amide bonds. The van der Waals surface area contributed by atoms with Gasteiger partial charge in [-0.3, -0.25) is 4.68 Å². The molecule has 0 unspecified atom stereocenters. The van der Waals surface area contributed by atoms with Gasteiger partial charge in [0, 0.05) is 18.1 Å². The van der Waals surface area contributed by atoms with Crippen LogP contribution < -0.4 is 0 Å². The quantitative estimate of drug-likeness (QED) is 0.877. The summed E-state index contributed by atoms with van der Waals surface area (Å²) in [4.78, 5) is 11.0. The van der Waals surface area contributed by atoms with E-state index in [0.29, 0.717) is 10.8 Å². The van der Waals surface area contributed by atoms with Gasteiger partial charge in [0.1, 0.15) is 5.56 Å². The lowest BCUT2D eigenvalue weighted by atomic mass is 10.3. The minimum atomic E-state index is -0.880. The molecule has 16 heavy (non-hydrogen) atoms. The second kappa shape index (κ2) is 4.91. The van der Waals surface area contributed by atoms with Gasteiger partial charge < -0.3 is 5.11 Å². The van der Waals surface area contributed by atoms with Crippen LogP contribution in [-0.4, -0.2) is 26.1 Å². The molecule has 0 saturated heterocycles. The van der Waals surface area contributed by atoms with E-state index in [9.17, 15) is 4.79 Å². The van der Waals surface area contributed by atoms with Crippen LogP contribution in [0.25, 0.3) is 0 Å². The van der Waals surface area contributed by atoms with Crippen LogP contribution >= 0.6 is 11.8 Å². The molecule has 1 heterocycles. The van der Waals surface area contributed by atoms with Gasteiger partial charge in [0.05, 0.1) is 11.9 Å². The van der Waals surface area contributed by atoms with Crippen LogP contribution in [0.4, 0.5) is 0 Å². The Labute approximate surface area is 99.0 Å². The number of rotatable bonds is 4. The third-order valence-corrected chi connectivity index (χ3v) is 4.43. The lowest BCUT2D eigenvalue weighted by molar-refractivity contribution is 0.0696. The van der Waals surface area contributed by atoms with Gasteiger partial charge in [0.15, 0.2) is 0 Å². The van der Waals surface area contributed by atoms with Crippen LogP contribution in [0.15, 0.2) is 6.20 Å². The largest absolute Gasteiger partial charge is 0.478 e. The highest BCUT2D eigenvalue weighted by Crippen LogP contribution is 2.32. The zero-order valence-electron chi connectivity index (χ0n) is 9.35. The van der Waals surface area contributed by atoms with E-state index in [1.807, 2.05) is 11.8 Å². The molecule has 2 rings (SSSR count). The molecular weight excluding hydrogens is 224 g/mol. The van der Waals surface area contributed by atoms with Crippen molar-refractivity contribution in [2.75, 3.05) is 0 Å². The van der Waals surface area contributed by atoms with E-state index < -0.39 is 5.97 Å². The van der Waals surface area contributed by atoms with E-state index in [-0.39, 0.29) is 0 Å². The fourth-order valence-corrected chi connectivity index (χ4v) is 3.47. The second-order valence-corrected chi connectivity index (χ2v) is 5.44. The third-order valence-electron chi connectivity index (χ3n) is 3.05. The molecule has 0 aromatic carbocycles. The summed E-state index contributed by atoms with van der Waals surface area (Å²) in [5, 5.41) is 13.7. The number of hydrogen-bond acceptors (Lipinski definition) is 3. The average molecular weight is 240 g/mol. The number of aromatic nitrogens is 2. The van der Waals surface area contributed by atoms with E-state index in [0.717, 1.165) is 11.4 Å². The summed E-state index contributed by atoms with van der Waals surface area (Å²) in [6.45, 7) is 0. The van der Waals surface area contributed by atoms with E-state index in [2.05, 4.69) is 5.10 Å². The first-order valence-electron chi connectivity index (χ1n) is 5.54. The van der Waals surface area contributed by atoms with Gasteiger partial charge >= 0.3 is 5.97 Å². The molecule has 1 N–H and O–H groups in total. The molecule has 1 aliphatic rings. The normalized spacial score (nSPS) is 16.8. The highest BCUT2D eigenvalue weighted by Gasteiger charge is 2.19. The summed E-state index contributed by atoms with van der Waals surface area (Å²) in [7, 11) is 1.80. The van der Waals surface area contributed by atoms with Crippen LogP contribution in [0.1, 0.15) is 41.7 Å². The predicted octanol–water partition coefficient (Wildman–Crippen LogP) is 2.29. The first-order chi connectivity index (χ1) is 7.68. The summed E-state index contributed by atoms with van der Waals surface area (Å²) in [5.41, 5.74) is 1.16. The number of aryl methyl sites for hydroxylation is 1. The fraction of sp³-hybridized carbons (Fsp3) is 0.636. The molecule has 88 valence electrons. The van der Waals surface area contributed by atoms with Crippen molar-refractivity contribution in [3.63, 3.8) is 0 Å². The number of hydrogen-bond donors (Lipinski definition) is 1. The Kier molecular flexibility index (Phi) is 3.53. The molecule has 1 aliphatic carbocycles. The Hall–Kier alpha value is -0.970. The molecule has 0 radical (unpaired) electrons. The molecule has 0 atom stereocenters. The topological polar surface area (TPSA) is 55.1 Å². The van der Waals surface area contributed by atoms with Crippen molar-refractivity contribution in [2.45, 2.75) is 36.7 Å². The minimum Gasteiger partial charge on any atom is -0.478 e. The van der Waals surface area contributed by atoms with Crippen molar-refractivity contribution in [1.82, 2.24) is 9.78 Å². The summed E-state index contributed by atoms with van der Waals surface area (Å²) in [6, 6.07) is 0. The van der Waals surface area contributed by atoms with E-state index >= 15 is 0 Å². The van der Waals surface area contributed by atoms with Gasteiger partial charge in [-0.15, -0.1) is 0 Å². The number of nitrogens with zero attached hydrogens (tertiary/aromatic N) is 2. The Morgan fingerprint density at radius 1 is 1.62 bits per heavy atom. The van der Waals surface area contributed by atoms with Gasteiger partial charge in [-0.1, -0.05) is 12.8 Å². The number of thioether (sulfide) groups is 1. The monoisotopic (exact) mass is 240 g/mol. The summed E-state index contributed by atoms with van der Waals surface area (Å²) >= 11 is 1.86. The highest BCUT2D eigenvalue weighted by atomic mass is 32.2. The smallest absolute Gasteiger partial charge is 0.339 e. The van der Waals surface area contributed by atoms with Gasteiger partial charge in [-0.2, -0.15) is 16.9 Å². The molecule has 0 bridgehead atoms. The number of aromatic carboxylic acids is 1. The van der Waals surface area contributed by atoms with E-state index in [1.165, 1.54) is 31.9 Å². The summed E-state index contributed by atoms with van der Waals surface area (Å²) in [5.74, 6) is -0.127. The van der Waals surface area contributed by atoms with Crippen molar-refractivity contribution < 1.29 is 9.90 Å². The van der Waals surface area contributed by atoms with Crippen LogP contribution in [0.2, 0.25) is 0 Å². The van der Waals surface area contributed by atoms with Gasteiger partial charge in [-0.05, 0) is 12.8 Å². The fourth-order valence-electron chi connectivity index (χ4n) is 2.06. The van der Waals surface area contributed by atoms with Crippen LogP contribution in [0, 0.1) is 0 Å². The van der Waals surface area contributed by atoms with Gasteiger partial charge in [0.25, 0.3) is 0 Å². The Balaban J connectivity index is 2.02. The van der Waals surface area contributed by atoms with E-state index in [4.69, 9.17) is 5.11 Å². The predicted molar refractivity (Wildman–Crippen MR) is 63.7 cm³/mol. The third kappa shape index (κ3) is 2.40. The first-order valence-corrected chi connectivity index (χ1v) is 6.59. The van der Waals surface area contributed by atoms with Crippen LogP contribution in [0.5, 0.6) is 0 Å². The lowest BCUT2D eigenvalue weighted by Gasteiger charge is -2.09. The molecule has 4 nitrogen and oxygen atoms in total. The van der Waals surface area contributed by atoms with Crippen LogP contribution in [0.3, 0.4) is 0 Å². The highest BCUT2D eigenvalue weighted by molar-refractivity contribution is 7.99. The lowest BCUT2D eigenvalue weighted by Crippen LogP contribution is -2.05. The standard InChI is InChI=1S/C11H16N2O2S/c1-13-10(9(6-12-13)11(14)15)7-16-8-4-2-3-5-8/h6,8H,2-5,7H2,1H3,(H,14,15). The number of carboxylic acids is 1. The maximum absolute atomic E-state index is 11.0. The summed E-state index contributed by atoms with van der Waals surface area (Å²) < 4.78 is 1.67. The van der Waals surface area contributed by atoms with E-state index in [1.54, 1.807) is 11.7 Å². The average Bonchev–Trinajstić information content (AvgIpc) is 2.84. The Morgan fingerprint density at radius 3 is 2.94 bits per heavy atom. The first kappa shape index (κ1) is 11.5. The molecule has 1 saturated carbocycles. The SMILES string of the molecule is Cn1ncc(C(=O)O)c1CSC1CCCC1. The van der Waals surface area contributed by atoms with Crippen LogP contribution in [-0.2, 0) is 12.8 Å². The van der Waals surface area contributed by atoms with Crippen molar-refractivity contribution in [2.24, 2.45) is 7.05 Å². The molecule has 1 aromatic heterocycles. The van der Waals surface area contributed by atoms with Crippen molar-refractivity contribution in [3.8, 4) is 0 Å². The number of carbonyl (C=O) groups is 1. The molecule has 5 heteroatoms. The molecule has 0 spiro atoms. The Bertz CT molecular complexity index is 383. The van der Waals surface area contributed by atoms with Gasteiger partial charge in [-0.25, -0.2) is 4.79 Å². The van der Waals surface area contributed by atoms with Crippen molar-refractivity contribution in [1.29, 1.82) is 0 Å². The maximum atomic E-state index is 11.0. The van der Waals surface area contributed by atoms with Crippen molar-refractivity contribution in [3.05, 3.63) is 17.5 Å². The second-order valence-electron chi connectivity index (χ2n) is 4.15. The summed E-state index contributed by atoms with van der Waals surface area (Å²) in [6.07, 6.45) is 6.60. The van der Waals surface area contributed by atoms with Crippen molar-refractivity contribution >= 4 is 17.7 Å². The zero-order chi connectivity index (χ0) is 11.5. The molecule has 0 aliphatic heterocycles. The molecule has 1 aromatic rings. The van der Waals surface area contributed by atoms with Gasteiger partial charge in [0.2, 0.25) is 0 Å². The number of carboxylic acid groups (broad SMARTS) is 1. The molecule has 1 fully saturated rings.